The molecular weight excluding hydrogens is 502 g/mol. The maximum absolute atomic E-state index is 14.0. The first-order chi connectivity index (χ1) is 15.7. The van der Waals surface area contributed by atoms with Gasteiger partial charge in [0.05, 0.1) is 16.3 Å². The van der Waals surface area contributed by atoms with Crippen molar-refractivity contribution in [3.8, 4) is 0 Å². The molecule has 1 aliphatic rings. The lowest BCUT2D eigenvalue weighted by molar-refractivity contribution is -0.117. The molecule has 1 aliphatic heterocycles. The van der Waals surface area contributed by atoms with Crippen LogP contribution < -0.4 is 4.31 Å². The molecule has 0 spiro atoms. The van der Waals surface area contributed by atoms with Crippen molar-refractivity contribution in [1.29, 1.82) is 0 Å². The standard InChI is InChI=1S/C26H22BrNO4S/c1-17-8-11-21(12-9-17)33(31,32)28-25-13-10-20(27)15-23(25)22(14-18(2)30)24(16-29)26(28)19-6-4-3-5-7-19/h3-13,15-16,22H,14H2,1-2H3/t22-/m1/s1. The number of benzene rings is 3. The first kappa shape index (κ1) is 23.1. The van der Waals surface area contributed by atoms with Gasteiger partial charge in [-0.2, -0.15) is 0 Å². The highest BCUT2D eigenvalue weighted by molar-refractivity contribution is 9.10. The Morgan fingerprint density at radius 3 is 2.30 bits per heavy atom. The van der Waals surface area contributed by atoms with Crippen LogP contribution in [0.4, 0.5) is 5.69 Å². The van der Waals surface area contributed by atoms with Crippen molar-refractivity contribution < 1.29 is 18.0 Å². The maximum Gasteiger partial charge on any atom is 0.268 e. The number of rotatable bonds is 6. The van der Waals surface area contributed by atoms with Crippen LogP contribution in [0, 0.1) is 6.92 Å². The molecule has 0 N–H and O–H groups in total. The van der Waals surface area contributed by atoms with Gasteiger partial charge in [-0.1, -0.05) is 64.0 Å². The van der Waals surface area contributed by atoms with Crippen LogP contribution in [0.3, 0.4) is 0 Å². The minimum absolute atomic E-state index is 0.0896. The SMILES string of the molecule is CC(=O)C[C@H]1C(C=O)=C(c2ccccc2)N(S(=O)(=O)c2ccc(C)cc2)c2ccc(Br)cc21. The van der Waals surface area contributed by atoms with Gasteiger partial charge >= 0.3 is 0 Å². The zero-order chi connectivity index (χ0) is 23.8. The zero-order valence-corrected chi connectivity index (χ0v) is 20.6. The number of carbonyl (C=O) groups is 2. The molecule has 0 aliphatic carbocycles. The fraction of sp³-hybridized carbons (Fsp3) is 0.154. The number of Topliss-reactive ketones (excluding diaryl/α,β-unsaturated/α-hetero) is 1. The van der Waals surface area contributed by atoms with Crippen molar-refractivity contribution in [1.82, 2.24) is 0 Å². The van der Waals surface area contributed by atoms with Gasteiger partial charge < -0.3 is 0 Å². The molecule has 168 valence electrons. The van der Waals surface area contributed by atoms with Crippen LogP contribution in [0.1, 0.15) is 36.0 Å². The minimum atomic E-state index is -4.08. The Hall–Kier alpha value is -3.03. The van der Waals surface area contributed by atoms with E-state index in [0.717, 1.165) is 10.0 Å². The Morgan fingerprint density at radius 2 is 1.70 bits per heavy atom. The fourth-order valence-corrected chi connectivity index (χ4v) is 6.10. The van der Waals surface area contributed by atoms with Crippen molar-refractivity contribution in [3.05, 3.63) is 99.5 Å². The van der Waals surface area contributed by atoms with Crippen LogP contribution in [0.5, 0.6) is 0 Å². The summed E-state index contributed by atoms with van der Waals surface area (Å²) in [6.07, 6.45) is 0.768. The number of halogens is 1. The molecule has 5 nitrogen and oxygen atoms in total. The molecule has 3 aromatic carbocycles. The van der Waals surface area contributed by atoms with Crippen LogP contribution in [-0.4, -0.2) is 20.5 Å². The van der Waals surface area contributed by atoms with E-state index >= 15 is 0 Å². The molecular formula is C26H22BrNO4S. The number of fused-ring (bicyclic) bond motifs is 1. The van der Waals surface area contributed by atoms with Crippen LogP contribution in [-0.2, 0) is 19.6 Å². The quantitative estimate of drug-likeness (QED) is 0.392. The Bertz CT molecular complexity index is 1360. The molecule has 3 aromatic rings. The number of sulfonamides is 1. The molecule has 0 amide bonds. The number of nitrogens with zero attached hydrogens (tertiary/aromatic N) is 1. The number of carbonyl (C=O) groups excluding carboxylic acids is 2. The van der Waals surface area contributed by atoms with Crippen molar-refractivity contribution >= 4 is 49.4 Å². The van der Waals surface area contributed by atoms with Crippen molar-refractivity contribution in [2.45, 2.75) is 31.1 Å². The number of hydrogen-bond acceptors (Lipinski definition) is 4. The molecule has 7 heteroatoms. The van der Waals surface area contributed by atoms with Gasteiger partial charge in [-0.3, -0.25) is 9.59 Å². The van der Waals surface area contributed by atoms with Gasteiger partial charge in [-0.15, -0.1) is 0 Å². The Labute approximate surface area is 201 Å². The normalized spacial score (nSPS) is 15.8. The Morgan fingerprint density at radius 1 is 1.03 bits per heavy atom. The molecule has 0 saturated carbocycles. The van der Waals surface area contributed by atoms with Gasteiger partial charge in [0.1, 0.15) is 12.1 Å². The van der Waals surface area contributed by atoms with Crippen molar-refractivity contribution in [2.24, 2.45) is 0 Å². The van der Waals surface area contributed by atoms with E-state index in [9.17, 15) is 18.0 Å². The molecule has 0 radical (unpaired) electrons. The number of hydrogen-bond donors (Lipinski definition) is 0. The van der Waals surface area contributed by atoms with Crippen molar-refractivity contribution in [2.75, 3.05) is 4.31 Å². The molecule has 4 rings (SSSR count). The van der Waals surface area contributed by atoms with E-state index in [4.69, 9.17) is 0 Å². The lowest BCUT2D eigenvalue weighted by Gasteiger charge is -2.37. The molecule has 33 heavy (non-hydrogen) atoms. The number of allylic oxidation sites excluding steroid dienone is 1. The highest BCUT2D eigenvalue weighted by atomic mass is 79.9. The van der Waals surface area contributed by atoms with E-state index < -0.39 is 15.9 Å². The van der Waals surface area contributed by atoms with Gasteiger partial charge in [0.15, 0.2) is 0 Å². The molecule has 0 bridgehead atoms. The fourth-order valence-electron chi connectivity index (χ4n) is 4.15. The highest BCUT2D eigenvalue weighted by Crippen LogP contribution is 2.48. The van der Waals surface area contributed by atoms with E-state index in [-0.39, 0.29) is 28.4 Å². The summed E-state index contributed by atoms with van der Waals surface area (Å²) >= 11 is 3.45. The van der Waals surface area contributed by atoms with E-state index in [1.807, 2.05) is 13.0 Å². The first-order valence-corrected chi connectivity index (χ1v) is 12.6. The summed E-state index contributed by atoms with van der Waals surface area (Å²) in [4.78, 5) is 24.8. The molecule has 0 aromatic heterocycles. The van der Waals surface area contributed by atoms with Crippen LogP contribution >= 0.6 is 15.9 Å². The van der Waals surface area contributed by atoms with Gasteiger partial charge in [-0.05, 0) is 55.3 Å². The van der Waals surface area contributed by atoms with Crippen LogP contribution in [0.2, 0.25) is 0 Å². The maximum atomic E-state index is 14.0. The van der Waals surface area contributed by atoms with E-state index in [2.05, 4.69) is 15.9 Å². The van der Waals surface area contributed by atoms with E-state index in [1.54, 1.807) is 66.7 Å². The molecule has 0 unspecified atom stereocenters. The van der Waals surface area contributed by atoms with Crippen LogP contribution in [0.15, 0.2) is 87.7 Å². The smallest absolute Gasteiger partial charge is 0.268 e. The van der Waals surface area contributed by atoms with Crippen LogP contribution in [0.25, 0.3) is 5.70 Å². The number of ketones is 1. The number of anilines is 1. The van der Waals surface area contributed by atoms with Gasteiger partial charge in [0.2, 0.25) is 0 Å². The Balaban J connectivity index is 2.09. The summed E-state index contributed by atoms with van der Waals surface area (Å²) in [5.74, 6) is -0.653. The summed E-state index contributed by atoms with van der Waals surface area (Å²) in [6.45, 7) is 3.36. The number of aryl methyl sites for hydroxylation is 1. The Kier molecular flexibility index (Phi) is 6.36. The minimum Gasteiger partial charge on any atom is -0.300 e. The van der Waals surface area contributed by atoms with Gasteiger partial charge in [-0.25, -0.2) is 12.7 Å². The molecule has 0 saturated heterocycles. The number of aldehydes is 1. The van der Waals surface area contributed by atoms with E-state index in [1.165, 1.54) is 11.2 Å². The lowest BCUT2D eigenvalue weighted by atomic mass is 9.81. The summed E-state index contributed by atoms with van der Waals surface area (Å²) in [7, 11) is -4.08. The largest absolute Gasteiger partial charge is 0.300 e. The average Bonchev–Trinajstić information content (AvgIpc) is 2.79. The van der Waals surface area contributed by atoms with Gasteiger partial charge in [0, 0.05) is 22.4 Å². The summed E-state index contributed by atoms with van der Waals surface area (Å²) in [5, 5.41) is 0. The van der Waals surface area contributed by atoms with Crippen molar-refractivity contribution in [3.63, 3.8) is 0 Å². The summed E-state index contributed by atoms with van der Waals surface area (Å²) < 4.78 is 30.0. The van der Waals surface area contributed by atoms with E-state index in [0.29, 0.717) is 23.1 Å². The topological polar surface area (TPSA) is 71.5 Å². The third kappa shape index (κ3) is 4.30. The van der Waals surface area contributed by atoms with Gasteiger partial charge in [0.25, 0.3) is 10.0 Å². The highest BCUT2D eigenvalue weighted by Gasteiger charge is 2.40. The third-order valence-corrected chi connectivity index (χ3v) is 7.88. The molecule has 0 fully saturated rings. The first-order valence-electron chi connectivity index (χ1n) is 10.4. The third-order valence-electron chi connectivity index (χ3n) is 5.66. The molecule has 1 atom stereocenters. The second-order valence-corrected chi connectivity index (χ2v) is 10.7. The lowest BCUT2D eigenvalue weighted by Crippen LogP contribution is -2.35. The zero-order valence-electron chi connectivity index (χ0n) is 18.2. The second kappa shape index (κ2) is 9.08. The second-order valence-electron chi connectivity index (χ2n) is 8.03. The molecule has 1 heterocycles. The predicted octanol–water partition coefficient (Wildman–Crippen LogP) is 5.64. The predicted molar refractivity (Wildman–Crippen MR) is 132 cm³/mol. The summed E-state index contributed by atoms with van der Waals surface area (Å²) in [6, 6.07) is 20.8. The summed E-state index contributed by atoms with van der Waals surface area (Å²) in [5.41, 5.74) is 3.08. The monoisotopic (exact) mass is 523 g/mol. The average molecular weight is 524 g/mol.